The lowest BCUT2D eigenvalue weighted by Gasteiger charge is -2.39. The summed E-state index contributed by atoms with van der Waals surface area (Å²) in [7, 11) is 0. The second kappa shape index (κ2) is 19.0. The fourth-order valence-corrected chi connectivity index (χ4v) is 6.40. The summed E-state index contributed by atoms with van der Waals surface area (Å²) in [4.78, 5) is 26.5. The number of nitrogens with one attached hydrogen (secondary N) is 1. The summed E-state index contributed by atoms with van der Waals surface area (Å²) < 4.78 is 30.2. The number of esters is 1. The van der Waals surface area contributed by atoms with Gasteiger partial charge in [0.15, 0.2) is 12.1 Å². The lowest BCUT2D eigenvalue weighted by Crippen LogP contribution is -2.59. The minimum Gasteiger partial charge on any atom is -0.456 e. The monoisotopic (exact) mass is 691 g/mol. The highest BCUT2D eigenvalue weighted by Crippen LogP contribution is 2.43. The second-order valence-electron chi connectivity index (χ2n) is 12.9. The summed E-state index contributed by atoms with van der Waals surface area (Å²) in [5.74, 6) is -1.78. The SMILES string of the molecule is CCCCCC1(CCCCC)O[C@@H]2[C@@H](C=C(C(=O)NCCO)C[C@H]2OC(=O)c2cccc(C=CCO[C@H]3O[C@H](CO)[C@H](O)[C@H](O)[C@H]3O)c2)O1. The minimum absolute atomic E-state index is 0.0361. The fraction of sp³-hybridized carbons (Fsp3) is 0.667. The molecule has 274 valence electrons. The van der Waals surface area contributed by atoms with Gasteiger partial charge in [-0.3, -0.25) is 4.79 Å². The number of fused-ring (bicyclic) bond motifs is 1. The smallest absolute Gasteiger partial charge is 0.338 e. The largest absolute Gasteiger partial charge is 0.456 e. The number of hydrogen-bond donors (Lipinski definition) is 6. The standard InChI is InChI=1S/C36H53NO12/c1-3-5-7-14-36(15-8-6-4-2)48-27-21-25(33(43)37-16-17-38)20-26(32(27)49-36)46-34(44)24-13-9-11-23(19-24)12-10-18-45-35-31(42)30(41)29(40)28(22-39)47-35/h9-13,19,21,26-32,35,38-42H,3-8,14-18,20,22H2,1-2H3,(H,37,43)/t26-,27-,28-,29+,30+,31-,32+,35+/m1/s1. The number of hydrogen-bond acceptors (Lipinski definition) is 12. The van der Waals surface area contributed by atoms with E-state index < -0.39 is 67.4 Å². The summed E-state index contributed by atoms with van der Waals surface area (Å²) in [6, 6.07) is 6.75. The van der Waals surface area contributed by atoms with Gasteiger partial charge in [0.1, 0.15) is 42.7 Å². The van der Waals surface area contributed by atoms with E-state index >= 15 is 0 Å². The molecule has 1 aromatic carbocycles. The molecule has 49 heavy (non-hydrogen) atoms. The number of rotatable bonds is 18. The third kappa shape index (κ3) is 10.4. The molecule has 6 N–H and O–H groups in total. The molecular weight excluding hydrogens is 638 g/mol. The molecule has 4 rings (SSSR count). The molecule has 1 aromatic rings. The highest BCUT2D eigenvalue weighted by molar-refractivity contribution is 5.94. The Morgan fingerprint density at radius 1 is 1.00 bits per heavy atom. The number of amides is 1. The zero-order chi connectivity index (χ0) is 35.4. The molecule has 1 aliphatic carbocycles. The third-order valence-corrected chi connectivity index (χ3v) is 9.09. The summed E-state index contributed by atoms with van der Waals surface area (Å²) in [5, 5.41) is 51.4. The van der Waals surface area contributed by atoms with Crippen LogP contribution in [0, 0.1) is 0 Å². The van der Waals surface area contributed by atoms with Crippen LogP contribution in [0.25, 0.3) is 6.08 Å². The Hall–Kier alpha value is -2.72. The molecule has 2 heterocycles. The molecule has 0 saturated carbocycles. The number of carbonyl (C=O) groups excluding carboxylic acids is 2. The summed E-state index contributed by atoms with van der Waals surface area (Å²) in [5.41, 5.74) is 1.35. The van der Waals surface area contributed by atoms with E-state index in [0.29, 0.717) is 24.0 Å². The van der Waals surface area contributed by atoms with Crippen LogP contribution in [0.4, 0.5) is 0 Å². The first kappa shape index (κ1) is 39.1. The number of benzene rings is 1. The zero-order valence-electron chi connectivity index (χ0n) is 28.4. The lowest BCUT2D eigenvalue weighted by molar-refractivity contribution is -0.298. The molecule has 13 heteroatoms. The van der Waals surface area contributed by atoms with Crippen LogP contribution < -0.4 is 5.32 Å². The van der Waals surface area contributed by atoms with Gasteiger partial charge >= 0.3 is 5.97 Å². The fourth-order valence-electron chi connectivity index (χ4n) is 6.40. The van der Waals surface area contributed by atoms with Crippen molar-refractivity contribution in [1.82, 2.24) is 5.32 Å². The molecule has 2 aliphatic heterocycles. The van der Waals surface area contributed by atoms with Gasteiger partial charge in [-0.25, -0.2) is 4.79 Å². The van der Waals surface area contributed by atoms with Crippen molar-refractivity contribution in [3.63, 3.8) is 0 Å². The van der Waals surface area contributed by atoms with Crippen LogP contribution in [0.2, 0.25) is 0 Å². The summed E-state index contributed by atoms with van der Waals surface area (Å²) in [6.07, 6.45) is 3.80. The number of carbonyl (C=O) groups is 2. The van der Waals surface area contributed by atoms with E-state index in [-0.39, 0.29) is 37.6 Å². The van der Waals surface area contributed by atoms with E-state index in [9.17, 15) is 35.1 Å². The van der Waals surface area contributed by atoms with Crippen molar-refractivity contribution in [3.8, 4) is 0 Å². The van der Waals surface area contributed by atoms with E-state index in [1.165, 1.54) is 0 Å². The molecular formula is C36H53NO12. The molecule has 8 atom stereocenters. The summed E-state index contributed by atoms with van der Waals surface area (Å²) >= 11 is 0. The van der Waals surface area contributed by atoms with Crippen LogP contribution in [-0.2, 0) is 28.5 Å². The molecule has 0 unspecified atom stereocenters. The number of unbranched alkanes of at least 4 members (excludes halogenated alkanes) is 4. The van der Waals surface area contributed by atoms with Gasteiger partial charge in [-0.15, -0.1) is 0 Å². The maximum absolute atomic E-state index is 13.5. The number of aliphatic hydroxyl groups excluding tert-OH is 5. The number of ether oxygens (including phenoxy) is 5. The van der Waals surface area contributed by atoms with E-state index in [0.717, 1.165) is 38.5 Å². The van der Waals surface area contributed by atoms with Gasteiger partial charge in [0, 0.05) is 31.4 Å². The third-order valence-electron chi connectivity index (χ3n) is 9.09. The lowest BCUT2D eigenvalue weighted by atomic mass is 9.91. The molecule has 0 spiro atoms. The van der Waals surface area contributed by atoms with Crippen molar-refractivity contribution >= 4 is 18.0 Å². The van der Waals surface area contributed by atoms with Crippen molar-refractivity contribution in [3.05, 3.63) is 53.1 Å². The van der Waals surface area contributed by atoms with Crippen molar-refractivity contribution in [1.29, 1.82) is 0 Å². The average Bonchev–Trinajstić information content (AvgIpc) is 3.48. The van der Waals surface area contributed by atoms with Crippen LogP contribution in [-0.4, -0.2) is 119 Å². The first-order chi connectivity index (χ1) is 23.6. The van der Waals surface area contributed by atoms with Crippen LogP contribution in [0.15, 0.2) is 42.0 Å². The Kier molecular flexibility index (Phi) is 15.2. The highest BCUT2D eigenvalue weighted by atomic mass is 16.8. The Bertz CT molecular complexity index is 1260. The van der Waals surface area contributed by atoms with Gasteiger partial charge in [0.25, 0.3) is 0 Å². The van der Waals surface area contributed by atoms with E-state index in [2.05, 4.69) is 19.2 Å². The second-order valence-corrected chi connectivity index (χ2v) is 12.9. The highest BCUT2D eigenvalue weighted by Gasteiger charge is 2.52. The number of aliphatic hydroxyl groups is 5. The Morgan fingerprint density at radius 2 is 1.73 bits per heavy atom. The van der Waals surface area contributed by atoms with E-state index in [1.807, 2.05) is 0 Å². The molecule has 0 bridgehead atoms. The molecule has 3 aliphatic rings. The topological polar surface area (TPSA) is 193 Å². The minimum atomic E-state index is -1.54. The molecule has 13 nitrogen and oxygen atoms in total. The molecule has 2 fully saturated rings. The summed E-state index contributed by atoms with van der Waals surface area (Å²) in [6.45, 7) is 3.57. The van der Waals surface area contributed by atoms with Gasteiger partial charge in [-0.05, 0) is 36.6 Å². The van der Waals surface area contributed by atoms with Crippen LogP contribution in [0.3, 0.4) is 0 Å². The first-order valence-corrected chi connectivity index (χ1v) is 17.5. The van der Waals surface area contributed by atoms with Gasteiger partial charge in [-0.1, -0.05) is 63.8 Å². The van der Waals surface area contributed by atoms with Crippen molar-refractivity contribution < 1.29 is 58.8 Å². The Labute approximate surface area is 287 Å². The van der Waals surface area contributed by atoms with Crippen LogP contribution in [0.5, 0.6) is 0 Å². The Morgan fingerprint density at radius 3 is 2.41 bits per heavy atom. The predicted octanol–water partition coefficient (Wildman–Crippen LogP) is 2.12. The molecule has 2 saturated heterocycles. The average molecular weight is 692 g/mol. The molecule has 0 radical (unpaired) electrons. The van der Waals surface area contributed by atoms with Crippen molar-refractivity contribution in [2.24, 2.45) is 0 Å². The van der Waals surface area contributed by atoms with Crippen molar-refractivity contribution in [2.45, 2.75) is 126 Å². The van der Waals surface area contributed by atoms with Crippen LogP contribution >= 0.6 is 0 Å². The Balaban J connectivity index is 1.45. The molecule has 0 aromatic heterocycles. The maximum Gasteiger partial charge on any atom is 0.338 e. The van der Waals surface area contributed by atoms with Gasteiger partial charge in [0.05, 0.1) is 25.4 Å². The van der Waals surface area contributed by atoms with Crippen molar-refractivity contribution in [2.75, 3.05) is 26.4 Å². The first-order valence-electron chi connectivity index (χ1n) is 17.5. The van der Waals surface area contributed by atoms with Gasteiger partial charge in [0.2, 0.25) is 5.91 Å². The maximum atomic E-state index is 13.5. The normalized spacial score (nSPS) is 29.4. The van der Waals surface area contributed by atoms with Crippen LogP contribution in [0.1, 0.15) is 87.6 Å². The zero-order valence-corrected chi connectivity index (χ0v) is 28.4. The van der Waals surface area contributed by atoms with E-state index in [1.54, 1.807) is 42.5 Å². The quantitative estimate of drug-likeness (QED) is 0.0972. The van der Waals surface area contributed by atoms with Gasteiger partial charge in [-0.2, -0.15) is 0 Å². The van der Waals surface area contributed by atoms with E-state index in [4.69, 9.17) is 23.7 Å². The van der Waals surface area contributed by atoms with Gasteiger partial charge < -0.3 is 54.5 Å². The molecule has 1 amide bonds. The predicted molar refractivity (Wildman–Crippen MR) is 178 cm³/mol.